The highest BCUT2D eigenvalue weighted by Crippen LogP contribution is 2.39. The summed E-state index contributed by atoms with van der Waals surface area (Å²) in [4.78, 5) is 4.64. The molecule has 1 unspecified atom stereocenters. The maximum absolute atomic E-state index is 14.1. The van der Waals surface area contributed by atoms with E-state index in [1.807, 2.05) is 13.0 Å². The third-order valence-corrected chi connectivity index (χ3v) is 4.76. The Morgan fingerprint density at radius 1 is 1.12 bits per heavy atom. The molecule has 0 saturated carbocycles. The second-order valence-corrected chi connectivity index (χ2v) is 7.66. The number of nitrogens with zero attached hydrogens (tertiary/aromatic N) is 1. The number of rotatable bonds is 4. The van der Waals surface area contributed by atoms with Gasteiger partial charge in [-0.25, -0.2) is 8.78 Å². The Morgan fingerprint density at radius 2 is 1.81 bits per heavy atom. The van der Waals surface area contributed by atoms with E-state index < -0.39 is 11.6 Å². The van der Waals surface area contributed by atoms with Crippen LogP contribution in [-0.2, 0) is 5.41 Å². The minimum atomic E-state index is -0.558. The molecule has 0 amide bonds. The van der Waals surface area contributed by atoms with Crippen LogP contribution in [0.3, 0.4) is 0 Å². The van der Waals surface area contributed by atoms with E-state index in [2.05, 4.69) is 37.9 Å². The summed E-state index contributed by atoms with van der Waals surface area (Å²) in [5.74, 6) is -0.307. The Labute approximate surface area is 153 Å². The van der Waals surface area contributed by atoms with Gasteiger partial charge >= 0.3 is 0 Å². The van der Waals surface area contributed by atoms with E-state index in [9.17, 15) is 8.78 Å². The van der Waals surface area contributed by atoms with Crippen molar-refractivity contribution in [2.75, 3.05) is 6.61 Å². The topological polar surface area (TPSA) is 21.6 Å². The lowest BCUT2D eigenvalue weighted by Gasteiger charge is -2.22. The van der Waals surface area contributed by atoms with Gasteiger partial charge in [0.05, 0.1) is 18.2 Å². The lowest BCUT2D eigenvalue weighted by Crippen LogP contribution is -2.12. The molecule has 0 aromatic heterocycles. The lowest BCUT2D eigenvalue weighted by atomic mass is 9.85. The van der Waals surface area contributed by atoms with Crippen molar-refractivity contribution in [1.29, 1.82) is 0 Å². The zero-order valence-electron chi connectivity index (χ0n) is 15.8. The van der Waals surface area contributed by atoms with E-state index in [-0.39, 0.29) is 17.0 Å². The van der Waals surface area contributed by atoms with Crippen LogP contribution in [0.25, 0.3) is 0 Å². The molecular formula is C22H25F2NO. The Balaban J connectivity index is 1.98. The summed E-state index contributed by atoms with van der Waals surface area (Å²) in [7, 11) is 0. The van der Waals surface area contributed by atoms with E-state index in [1.54, 1.807) is 0 Å². The number of hydrogen-bond acceptors (Lipinski definition) is 2. The van der Waals surface area contributed by atoms with Crippen LogP contribution in [0.4, 0.5) is 8.78 Å². The summed E-state index contributed by atoms with van der Waals surface area (Å²) >= 11 is 0. The van der Waals surface area contributed by atoms with Gasteiger partial charge in [-0.05, 0) is 48.9 Å². The monoisotopic (exact) mass is 357 g/mol. The lowest BCUT2D eigenvalue weighted by molar-refractivity contribution is 0.333. The fourth-order valence-electron chi connectivity index (χ4n) is 3.34. The maximum atomic E-state index is 14.1. The summed E-state index contributed by atoms with van der Waals surface area (Å²) < 4.78 is 34.0. The first-order valence-electron chi connectivity index (χ1n) is 9.09. The summed E-state index contributed by atoms with van der Waals surface area (Å²) in [6.07, 6.45) is 1.27. The third kappa shape index (κ3) is 3.64. The van der Waals surface area contributed by atoms with Gasteiger partial charge in [0.25, 0.3) is 0 Å². The normalized spacial score (nSPS) is 17.3. The highest BCUT2D eigenvalue weighted by molar-refractivity contribution is 6.02. The molecule has 26 heavy (non-hydrogen) atoms. The van der Waals surface area contributed by atoms with Gasteiger partial charge in [0.2, 0.25) is 0 Å². The number of ether oxygens (including phenoxy) is 1. The van der Waals surface area contributed by atoms with E-state index in [1.165, 1.54) is 23.8 Å². The standard InChI is InChI=1S/C22H25F2NO/c1-5-26-20-13-14(22(2,3)4)9-10-15(20)18-11-12-19(25-18)21-16(23)7-6-8-17(21)24/h6-10,13,18H,5,11-12H2,1-4H3. The van der Waals surface area contributed by atoms with Crippen LogP contribution < -0.4 is 4.74 Å². The van der Waals surface area contributed by atoms with E-state index in [0.717, 1.165) is 17.7 Å². The van der Waals surface area contributed by atoms with Crippen LogP contribution in [0.5, 0.6) is 5.75 Å². The Morgan fingerprint density at radius 3 is 2.42 bits per heavy atom. The Kier molecular flexibility index (Phi) is 5.12. The first-order valence-corrected chi connectivity index (χ1v) is 9.09. The third-order valence-electron chi connectivity index (χ3n) is 4.76. The SMILES string of the molecule is CCOc1cc(C(C)(C)C)ccc1C1CCC(c2c(F)cccc2F)=N1. The molecule has 2 nitrogen and oxygen atoms in total. The first kappa shape index (κ1) is 18.6. The van der Waals surface area contributed by atoms with Crippen molar-refractivity contribution < 1.29 is 13.5 Å². The van der Waals surface area contributed by atoms with Crippen molar-refractivity contribution in [3.8, 4) is 5.75 Å². The van der Waals surface area contributed by atoms with Crippen LogP contribution in [0.2, 0.25) is 0 Å². The predicted molar refractivity (Wildman–Crippen MR) is 101 cm³/mol. The molecule has 1 heterocycles. The zero-order chi connectivity index (χ0) is 18.9. The summed E-state index contributed by atoms with van der Waals surface area (Å²) in [6.45, 7) is 8.98. The molecule has 138 valence electrons. The largest absolute Gasteiger partial charge is 0.494 e. The summed E-state index contributed by atoms with van der Waals surface area (Å²) in [5.41, 5.74) is 2.68. The molecule has 4 heteroatoms. The Bertz CT molecular complexity index is 816. The molecule has 1 atom stereocenters. The minimum absolute atomic E-state index is 0.000674. The minimum Gasteiger partial charge on any atom is -0.494 e. The molecule has 0 bridgehead atoms. The first-order chi connectivity index (χ1) is 12.3. The van der Waals surface area contributed by atoms with Crippen molar-refractivity contribution in [1.82, 2.24) is 0 Å². The molecule has 0 spiro atoms. The molecule has 0 radical (unpaired) electrons. The predicted octanol–water partition coefficient (Wildman–Crippen LogP) is 5.99. The zero-order valence-corrected chi connectivity index (χ0v) is 15.8. The van der Waals surface area contributed by atoms with E-state index in [0.29, 0.717) is 18.7 Å². The molecule has 2 aromatic carbocycles. The quantitative estimate of drug-likeness (QED) is 0.659. The van der Waals surface area contributed by atoms with Crippen LogP contribution in [0, 0.1) is 11.6 Å². The second kappa shape index (κ2) is 7.18. The molecule has 0 saturated heterocycles. The van der Waals surface area contributed by atoms with Gasteiger partial charge in [-0.3, -0.25) is 4.99 Å². The average Bonchev–Trinajstić information content (AvgIpc) is 3.03. The van der Waals surface area contributed by atoms with Crippen LogP contribution in [0.15, 0.2) is 41.4 Å². The van der Waals surface area contributed by atoms with Crippen molar-refractivity contribution in [3.63, 3.8) is 0 Å². The summed E-state index contributed by atoms with van der Waals surface area (Å²) in [6, 6.07) is 9.99. The molecule has 0 aliphatic carbocycles. The van der Waals surface area contributed by atoms with Crippen LogP contribution in [0.1, 0.15) is 63.3 Å². The molecule has 1 aliphatic heterocycles. The molecule has 0 N–H and O–H groups in total. The smallest absolute Gasteiger partial charge is 0.135 e. The van der Waals surface area contributed by atoms with Crippen molar-refractivity contribution in [2.45, 2.75) is 52.0 Å². The maximum Gasteiger partial charge on any atom is 0.135 e. The van der Waals surface area contributed by atoms with Crippen molar-refractivity contribution >= 4 is 5.71 Å². The van der Waals surface area contributed by atoms with Crippen LogP contribution >= 0.6 is 0 Å². The van der Waals surface area contributed by atoms with Gasteiger partial charge in [-0.1, -0.05) is 39.0 Å². The number of halogens is 2. The van der Waals surface area contributed by atoms with Crippen molar-refractivity contribution in [3.05, 3.63) is 64.7 Å². The molecule has 0 fully saturated rings. The van der Waals surface area contributed by atoms with Gasteiger partial charge < -0.3 is 4.74 Å². The Hall–Kier alpha value is -2.23. The van der Waals surface area contributed by atoms with Gasteiger partial charge in [0.15, 0.2) is 0 Å². The highest BCUT2D eigenvalue weighted by atomic mass is 19.1. The molecule has 1 aliphatic rings. The summed E-state index contributed by atoms with van der Waals surface area (Å²) in [5, 5.41) is 0. The van der Waals surface area contributed by atoms with Gasteiger partial charge in [0.1, 0.15) is 17.4 Å². The number of benzene rings is 2. The van der Waals surface area contributed by atoms with Crippen LogP contribution in [-0.4, -0.2) is 12.3 Å². The molecular weight excluding hydrogens is 332 g/mol. The van der Waals surface area contributed by atoms with E-state index >= 15 is 0 Å². The fourth-order valence-corrected chi connectivity index (χ4v) is 3.34. The van der Waals surface area contributed by atoms with Crippen molar-refractivity contribution in [2.24, 2.45) is 4.99 Å². The number of aliphatic imine (C=N–C) groups is 1. The number of hydrogen-bond donors (Lipinski definition) is 0. The van der Waals surface area contributed by atoms with E-state index in [4.69, 9.17) is 4.74 Å². The second-order valence-electron chi connectivity index (χ2n) is 7.66. The van der Waals surface area contributed by atoms with Gasteiger partial charge in [-0.2, -0.15) is 0 Å². The van der Waals surface area contributed by atoms with Gasteiger partial charge in [0, 0.05) is 11.3 Å². The molecule has 3 rings (SSSR count). The fraction of sp³-hybridized carbons (Fsp3) is 0.409. The average molecular weight is 357 g/mol. The van der Waals surface area contributed by atoms with Gasteiger partial charge in [-0.15, -0.1) is 0 Å². The molecule has 2 aromatic rings. The highest BCUT2D eigenvalue weighted by Gasteiger charge is 2.27.